The summed E-state index contributed by atoms with van der Waals surface area (Å²) in [5.74, 6) is 0. The van der Waals surface area contributed by atoms with E-state index in [1.54, 1.807) is 27.6 Å². The van der Waals surface area contributed by atoms with E-state index in [1.165, 1.54) is 0 Å². The van der Waals surface area contributed by atoms with E-state index < -0.39 is 0 Å². The highest BCUT2D eigenvalue weighted by molar-refractivity contribution is 7.80. The van der Waals surface area contributed by atoms with Gasteiger partial charge in [0.05, 0.1) is 22.4 Å². The second-order valence-corrected chi connectivity index (χ2v) is 6.76. The third-order valence-electron chi connectivity index (χ3n) is 4.57. The van der Waals surface area contributed by atoms with Crippen molar-refractivity contribution < 1.29 is 0 Å². The van der Waals surface area contributed by atoms with Crippen molar-refractivity contribution in [3.63, 3.8) is 0 Å². The minimum absolute atomic E-state index is 0.194. The van der Waals surface area contributed by atoms with Crippen molar-refractivity contribution in [1.82, 2.24) is 19.3 Å². The number of fused-ring (bicyclic) bond motifs is 1. The average molecular weight is 394 g/mol. The topological polar surface area (TPSA) is 99.6 Å². The molecule has 0 radical (unpaired) electrons. The van der Waals surface area contributed by atoms with E-state index in [4.69, 9.17) is 12.2 Å². The summed E-state index contributed by atoms with van der Waals surface area (Å²) in [4.78, 5) is 29.7. The zero-order valence-electron chi connectivity index (χ0n) is 15.2. The first-order chi connectivity index (χ1) is 13.4. The van der Waals surface area contributed by atoms with Crippen LogP contribution in [0.1, 0.15) is 5.69 Å². The lowest BCUT2D eigenvalue weighted by molar-refractivity contribution is 0.630. The molecule has 0 spiro atoms. The molecule has 0 aliphatic carbocycles. The number of hydrogen-bond acceptors (Lipinski definition) is 3. The second kappa shape index (κ2) is 6.86. The van der Waals surface area contributed by atoms with Gasteiger partial charge in [0.15, 0.2) is 5.11 Å². The van der Waals surface area contributed by atoms with Crippen molar-refractivity contribution in [2.45, 2.75) is 6.92 Å². The lowest BCUT2D eigenvalue weighted by Crippen LogP contribution is -2.25. The SMILES string of the molecule is Cc1c(NC(=S)Nc2ccc3[nH]c(=O)[nH]c3c2)c(=O)n(-c2ccccc2)n1C. The predicted molar refractivity (Wildman–Crippen MR) is 115 cm³/mol. The first-order valence-electron chi connectivity index (χ1n) is 8.58. The van der Waals surface area contributed by atoms with Crippen LogP contribution in [0, 0.1) is 6.92 Å². The number of aromatic nitrogens is 4. The zero-order valence-corrected chi connectivity index (χ0v) is 16.1. The number of benzene rings is 2. The highest BCUT2D eigenvalue weighted by Gasteiger charge is 2.17. The van der Waals surface area contributed by atoms with Gasteiger partial charge in [-0.25, -0.2) is 9.48 Å². The third kappa shape index (κ3) is 3.12. The number of hydrogen-bond donors (Lipinski definition) is 4. The Bertz CT molecular complexity index is 1300. The van der Waals surface area contributed by atoms with Crippen LogP contribution in [0.4, 0.5) is 11.4 Å². The van der Waals surface area contributed by atoms with Crippen LogP contribution < -0.4 is 21.9 Å². The van der Waals surface area contributed by atoms with Crippen molar-refractivity contribution in [3.8, 4) is 5.69 Å². The number of thiocarbonyl (C=S) groups is 1. The Balaban J connectivity index is 1.60. The van der Waals surface area contributed by atoms with Crippen LogP contribution in [0.3, 0.4) is 0 Å². The summed E-state index contributed by atoms with van der Waals surface area (Å²) in [7, 11) is 1.82. The summed E-state index contributed by atoms with van der Waals surface area (Å²) >= 11 is 5.38. The summed E-state index contributed by atoms with van der Waals surface area (Å²) in [5.41, 5.74) is 3.53. The number of imidazole rings is 1. The van der Waals surface area contributed by atoms with Crippen molar-refractivity contribution in [3.05, 3.63) is 75.1 Å². The Morgan fingerprint density at radius 3 is 2.46 bits per heavy atom. The van der Waals surface area contributed by atoms with E-state index in [0.29, 0.717) is 22.4 Å². The first-order valence-corrected chi connectivity index (χ1v) is 8.99. The van der Waals surface area contributed by atoms with Crippen LogP contribution in [0.5, 0.6) is 0 Å². The molecule has 0 atom stereocenters. The van der Waals surface area contributed by atoms with E-state index in [0.717, 1.165) is 11.4 Å². The van der Waals surface area contributed by atoms with Gasteiger partial charge in [-0.1, -0.05) is 18.2 Å². The zero-order chi connectivity index (χ0) is 19.8. The molecule has 0 bridgehead atoms. The molecule has 0 aliphatic heterocycles. The molecule has 0 saturated heterocycles. The van der Waals surface area contributed by atoms with Gasteiger partial charge < -0.3 is 20.6 Å². The predicted octanol–water partition coefficient (Wildman–Crippen LogP) is 2.46. The molecular weight excluding hydrogens is 376 g/mol. The van der Waals surface area contributed by atoms with Crippen molar-refractivity contribution in [2.75, 3.05) is 10.6 Å². The maximum Gasteiger partial charge on any atom is 0.323 e. The van der Waals surface area contributed by atoms with Crippen LogP contribution in [0.2, 0.25) is 0 Å². The van der Waals surface area contributed by atoms with Crippen molar-refractivity contribution >= 4 is 39.7 Å². The summed E-state index contributed by atoms with van der Waals surface area (Å²) in [6.07, 6.45) is 0. The van der Waals surface area contributed by atoms with Crippen LogP contribution in [0.25, 0.3) is 16.7 Å². The third-order valence-corrected chi connectivity index (χ3v) is 4.77. The van der Waals surface area contributed by atoms with Gasteiger partial charge in [0.1, 0.15) is 5.69 Å². The molecule has 2 aromatic heterocycles. The van der Waals surface area contributed by atoms with Gasteiger partial charge in [0.25, 0.3) is 5.56 Å². The molecule has 28 heavy (non-hydrogen) atoms. The molecule has 142 valence electrons. The normalized spacial score (nSPS) is 10.9. The van der Waals surface area contributed by atoms with Gasteiger partial charge in [-0.05, 0) is 49.5 Å². The van der Waals surface area contributed by atoms with Crippen LogP contribution >= 0.6 is 12.2 Å². The molecule has 0 fully saturated rings. The fraction of sp³-hybridized carbons (Fsp3) is 0.105. The Hall–Kier alpha value is -3.59. The lowest BCUT2D eigenvalue weighted by atomic mass is 10.3. The summed E-state index contributed by atoms with van der Waals surface area (Å²) in [5, 5.41) is 6.32. The van der Waals surface area contributed by atoms with E-state index in [2.05, 4.69) is 20.6 Å². The number of nitrogens with one attached hydrogen (secondary N) is 4. The van der Waals surface area contributed by atoms with Crippen molar-refractivity contribution in [1.29, 1.82) is 0 Å². The number of para-hydroxylation sites is 1. The number of H-pyrrole nitrogens is 2. The molecule has 2 heterocycles. The quantitative estimate of drug-likeness (QED) is 0.400. The highest BCUT2D eigenvalue weighted by Crippen LogP contribution is 2.17. The number of aromatic amines is 2. The van der Waals surface area contributed by atoms with Crippen molar-refractivity contribution in [2.24, 2.45) is 7.05 Å². The lowest BCUT2D eigenvalue weighted by Gasteiger charge is -2.09. The number of nitrogens with zero attached hydrogens (tertiary/aromatic N) is 2. The summed E-state index contributed by atoms with van der Waals surface area (Å²) in [6.45, 7) is 1.85. The van der Waals surface area contributed by atoms with Gasteiger partial charge in [-0.3, -0.25) is 9.48 Å². The maximum atomic E-state index is 12.9. The molecule has 0 aliphatic rings. The largest absolute Gasteiger partial charge is 0.332 e. The summed E-state index contributed by atoms with van der Waals surface area (Å²) in [6, 6.07) is 14.7. The minimum atomic E-state index is -0.269. The Kier molecular flexibility index (Phi) is 4.36. The van der Waals surface area contributed by atoms with E-state index >= 15 is 0 Å². The molecule has 8 nitrogen and oxygen atoms in total. The Morgan fingerprint density at radius 1 is 1.00 bits per heavy atom. The first kappa shape index (κ1) is 17.8. The molecule has 0 unspecified atom stereocenters. The van der Waals surface area contributed by atoms with Gasteiger partial charge >= 0.3 is 5.69 Å². The Morgan fingerprint density at radius 2 is 1.71 bits per heavy atom. The van der Waals surface area contributed by atoms with Crippen LogP contribution in [0.15, 0.2) is 58.1 Å². The van der Waals surface area contributed by atoms with Gasteiger partial charge in [0, 0.05) is 12.7 Å². The average Bonchev–Trinajstić information content (AvgIpc) is 3.14. The smallest absolute Gasteiger partial charge is 0.323 e. The van der Waals surface area contributed by atoms with Gasteiger partial charge in [-0.15, -0.1) is 0 Å². The van der Waals surface area contributed by atoms with E-state index in [-0.39, 0.29) is 16.4 Å². The molecule has 0 amide bonds. The molecule has 4 N–H and O–H groups in total. The van der Waals surface area contributed by atoms with E-state index in [1.807, 2.05) is 44.3 Å². The summed E-state index contributed by atoms with van der Waals surface area (Å²) < 4.78 is 3.36. The number of anilines is 2. The minimum Gasteiger partial charge on any atom is -0.332 e. The molecule has 4 aromatic rings. The fourth-order valence-corrected chi connectivity index (χ4v) is 3.32. The Labute approximate surface area is 164 Å². The van der Waals surface area contributed by atoms with Gasteiger partial charge in [-0.2, -0.15) is 0 Å². The maximum absolute atomic E-state index is 12.9. The standard InChI is InChI=1S/C19H18N6O2S/c1-11-16(17(26)25(24(11)2)13-6-4-3-5-7-13)23-19(28)20-12-8-9-14-15(10-12)22-18(27)21-14/h3-10H,1-2H3,(H2,20,23,28)(H2,21,22,27). The van der Waals surface area contributed by atoms with Gasteiger partial charge in [0.2, 0.25) is 0 Å². The fourth-order valence-electron chi connectivity index (χ4n) is 3.10. The molecule has 2 aromatic carbocycles. The molecular formula is C19H18N6O2S. The monoisotopic (exact) mass is 394 g/mol. The molecule has 4 rings (SSSR count). The number of rotatable bonds is 3. The molecule has 0 saturated carbocycles. The molecule has 9 heteroatoms. The highest BCUT2D eigenvalue weighted by atomic mass is 32.1. The van der Waals surface area contributed by atoms with Crippen LogP contribution in [-0.2, 0) is 7.05 Å². The van der Waals surface area contributed by atoms with E-state index in [9.17, 15) is 9.59 Å². The van der Waals surface area contributed by atoms with Crippen LogP contribution in [-0.4, -0.2) is 24.4 Å². The second-order valence-electron chi connectivity index (χ2n) is 6.36.